The smallest absolute Gasteiger partial charge is 0.263 e. The predicted octanol–water partition coefficient (Wildman–Crippen LogP) is 8.87. The van der Waals surface area contributed by atoms with Crippen molar-refractivity contribution >= 4 is 91.0 Å². The molecular weight excluding hydrogens is 458 g/mol. The summed E-state index contributed by atoms with van der Waals surface area (Å²) in [5.41, 5.74) is 2.07. The van der Waals surface area contributed by atoms with Crippen molar-refractivity contribution in [2.45, 2.75) is 0 Å². The third kappa shape index (κ3) is 2.20. The predicted molar refractivity (Wildman–Crippen MR) is 155 cm³/mol. The maximum absolute atomic E-state index is 14.1. The normalized spacial score (nSPS) is 12.6. The monoisotopic (exact) mass is 475 g/mol. The van der Waals surface area contributed by atoms with Crippen LogP contribution in [-0.2, 0) is 0 Å². The Morgan fingerprint density at radius 3 is 2.03 bits per heavy atom. The topological polar surface area (TPSA) is 21.5 Å². The van der Waals surface area contributed by atoms with Gasteiger partial charge in [-0.3, -0.25) is 9.20 Å². The van der Waals surface area contributed by atoms with E-state index in [-0.39, 0.29) is 5.56 Å². The standard InChI is InChI=1S/C33H17NOS/c35-33-26-15-20-8-2-1-7-19(20)14-24(26)22-10-5-11-23-25-16-27-30(17-28(25)34(33)32(22)23)36-29-13-12-18-6-3-4-9-21(18)31(27)29/h1-17H. The lowest BCUT2D eigenvalue weighted by molar-refractivity contribution is 1.21. The molecule has 0 saturated heterocycles. The van der Waals surface area contributed by atoms with Crippen LogP contribution in [0.15, 0.2) is 108 Å². The number of para-hydroxylation sites is 1. The number of aromatic nitrogens is 1. The van der Waals surface area contributed by atoms with Crippen LogP contribution in [0.25, 0.3) is 79.7 Å². The highest BCUT2D eigenvalue weighted by Gasteiger charge is 2.19. The zero-order valence-corrected chi connectivity index (χ0v) is 19.9. The van der Waals surface area contributed by atoms with Crippen molar-refractivity contribution in [2.75, 3.05) is 0 Å². The Labute approximate surface area is 208 Å². The van der Waals surface area contributed by atoms with Crippen molar-refractivity contribution in [2.24, 2.45) is 0 Å². The van der Waals surface area contributed by atoms with Gasteiger partial charge in [-0.25, -0.2) is 0 Å². The van der Waals surface area contributed by atoms with Gasteiger partial charge in [0, 0.05) is 41.7 Å². The molecule has 166 valence electrons. The minimum absolute atomic E-state index is 0.0559. The summed E-state index contributed by atoms with van der Waals surface area (Å²) < 4.78 is 4.45. The van der Waals surface area contributed by atoms with E-state index >= 15 is 0 Å². The molecule has 9 rings (SSSR count). The molecule has 3 heteroatoms. The summed E-state index contributed by atoms with van der Waals surface area (Å²) in [4.78, 5) is 14.1. The minimum atomic E-state index is 0.0559. The molecule has 3 heterocycles. The van der Waals surface area contributed by atoms with Crippen LogP contribution in [0.2, 0.25) is 0 Å². The number of hydrogen-bond donors (Lipinski definition) is 0. The lowest BCUT2D eigenvalue weighted by Gasteiger charge is -2.08. The van der Waals surface area contributed by atoms with Crippen LogP contribution in [0.5, 0.6) is 0 Å². The van der Waals surface area contributed by atoms with Crippen molar-refractivity contribution in [3.63, 3.8) is 0 Å². The van der Waals surface area contributed by atoms with Gasteiger partial charge in [-0.05, 0) is 57.3 Å². The van der Waals surface area contributed by atoms with Gasteiger partial charge in [-0.1, -0.05) is 72.8 Å². The fraction of sp³-hybridized carbons (Fsp3) is 0. The lowest BCUT2D eigenvalue weighted by atomic mass is 10.00. The summed E-state index contributed by atoms with van der Waals surface area (Å²) in [5.74, 6) is 0. The molecule has 0 saturated carbocycles. The fourth-order valence-corrected chi connectivity index (χ4v) is 7.43. The van der Waals surface area contributed by atoms with E-state index in [4.69, 9.17) is 0 Å². The molecule has 0 fully saturated rings. The van der Waals surface area contributed by atoms with E-state index in [9.17, 15) is 4.79 Å². The number of hydrogen-bond acceptors (Lipinski definition) is 2. The maximum Gasteiger partial charge on any atom is 0.263 e. The number of thiophene rings is 1. The zero-order chi connectivity index (χ0) is 23.5. The summed E-state index contributed by atoms with van der Waals surface area (Å²) in [7, 11) is 0. The summed E-state index contributed by atoms with van der Waals surface area (Å²) in [6.07, 6.45) is 0. The molecule has 0 aliphatic heterocycles. The Balaban J connectivity index is 1.54. The van der Waals surface area contributed by atoms with Gasteiger partial charge in [-0.15, -0.1) is 11.3 Å². The molecule has 0 spiro atoms. The molecule has 9 aromatic rings. The minimum Gasteiger partial charge on any atom is -0.275 e. The molecule has 0 aliphatic rings. The molecule has 0 atom stereocenters. The number of nitrogens with zero attached hydrogens (tertiary/aromatic N) is 1. The summed E-state index contributed by atoms with van der Waals surface area (Å²) in [6.45, 7) is 0. The van der Waals surface area contributed by atoms with Crippen molar-refractivity contribution in [1.82, 2.24) is 4.40 Å². The van der Waals surface area contributed by atoms with Crippen LogP contribution >= 0.6 is 11.3 Å². The number of rotatable bonds is 0. The molecule has 0 unspecified atom stereocenters. The second kappa shape index (κ2) is 6.39. The zero-order valence-electron chi connectivity index (χ0n) is 19.1. The van der Waals surface area contributed by atoms with E-state index in [1.807, 2.05) is 10.5 Å². The molecule has 3 aromatic heterocycles. The molecule has 0 N–H and O–H groups in total. The van der Waals surface area contributed by atoms with Crippen molar-refractivity contribution in [1.29, 1.82) is 0 Å². The van der Waals surface area contributed by atoms with Crippen LogP contribution in [0.3, 0.4) is 0 Å². The van der Waals surface area contributed by atoms with Crippen molar-refractivity contribution < 1.29 is 0 Å². The van der Waals surface area contributed by atoms with Gasteiger partial charge in [0.05, 0.1) is 11.0 Å². The molecule has 0 amide bonds. The Kier molecular flexibility index (Phi) is 3.34. The molecule has 2 nitrogen and oxygen atoms in total. The Morgan fingerprint density at radius 1 is 0.500 bits per heavy atom. The maximum atomic E-state index is 14.1. The van der Waals surface area contributed by atoms with Crippen LogP contribution in [0.1, 0.15) is 0 Å². The van der Waals surface area contributed by atoms with E-state index in [0.717, 1.165) is 48.7 Å². The van der Waals surface area contributed by atoms with Crippen LogP contribution in [0.4, 0.5) is 0 Å². The van der Waals surface area contributed by atoms with Gasteiger partial charge in [0.25, 0.3) is 5.56 Å². The van der Waals surface area contributed by atoms with E-state index in [1.165, 1.54) is 30.9 Å². The Hall–Kier alpha value is -4.47. The van der Waals surface area contributed by atoms with E-state index < -0.39 is 0 Å². The Bertz CT molecular complexity index is 2440. The van der Waals surface area contributed by atoms with Crippen LogP contribution < -0.4 is 5.56 Å². The van der Waals surface area contributed by atoms with Gasteiger partial charge < -0.3 is 0 Å². The molecule has 6 aromatic carbocycles. The quantitative estimate of drug-likeness (QED) is 0.158. The fourth-order valence-electron chi connectivity index (χ4n) is 6.29. The first kappa shape index (κ1) is 18.8. The SMILES string of the molecule is O=c1c2cc3ccccc3cc2c2cccc3c4cc5c(cc4n1c23)sc1ccc2ccccc2c15. The molecule has 36 heavy (non-hydrogen) atoms. The molecule has 0 radical (unpaired) electrons. The summed E-state index contributed by atoms with van der Waals surface area (Å²) in [5, 5.41) is 12.6. The number of benzene rings is 6. The van der Waals surface area contributed by atoms with Gasteiger partial charge in [0.1, 0.15) is 0 Å². The number of fused-ring (bicyclic) bond motifs is 11. The van der Waals surface area contributed by atoms with Crippen molar-refractivity contribution in [3.05, 3.63) is 113 Å². The lowest BCUT2D eigenvalue weighted by Crippen LogP contribution is -2.12. The molecule has 0 bridgehead atoms. The highest BCUT2D eigenvalue weighted by atomic mass is 32.1. The molecular formula is C33H17NOS. The van der Waals surface area contributed by atoms with Gasteiger partial charge in [0.2, 0.25) is 0 Å². The number of pyridine rings is 1. The van der Waals surface area contributed by atoms with Crippen LogP contribution in [-0.4, -0.2) is 4.40 Å². The highest BCUT2D eigenvalue weighted by Crippen LogP contribution is 2.43. The second-order valence-corrected chi connectivity index (χ2v) is 10.8. The average molecular weight is 476 g/mol. The van der Waals surface area contributed by atoms with Gasteiger partial charge >= 0.3 is 0 Å². The molecule has 0 aliphatic carbocycles. The van der Waals surface area contributed by atoms with Gasteiger partial charge in [-0.2, -0.15) is 0 Å². The largest absolute Gasteiger partial charge is 0.275 e. The summed E-state index contributed by atoms with van der Waals surface area (Å²) in [6, 6.07) is 36.6. The third-order valence-electron chi connectivity index (χ3n) is 7.88. The summed E-state index contributed by atoms with van der Waals surface area (Å²) >= 11 is 1.81. The average Bonchev–Trinajstić information content (AvgIpc) is 3.45. The second-order valence-electron chi connectivity index (χ2n) is 9.71. The Morgan fingerprint density at radius 2 is 1.19 bits per heavy atom. The van der Waals surface area contributed by atoms with E-state index in [2.05, 4.69) is 97.1 Å². The van der Waals surface area contributed by atoms with E-state index in [1.54, 1.807) is 11.3 Å². The first-order valence-corrected chi connectivity index (χ1v) is 13.0. The third-order valence-corrected chi connectivity index (χ3v) is 9.00. The van der Waals surface area contributed by atoms with Crippen molar-refractivity contribution in [3.8, 4) is 0 Å². The van der Waals surface area contributed by atoms with Crippen LogP contribution in [0, 0.1) is 0 Å². The first-order valence-electron chi connectivity index (χ1n) is 12.2. The first-order chi connectivity index (χ1) is 17.8. The van der Waals surface area contributed by atoms with E-state index in [0.29, 0.717) is 0 Å². The van der Waals surface area contributed by atoms with Gasteiger partial charge in [0.15, 0.2) is 0 Å². The highest BCUT2D eigenvalue weighted by molar-refractivity contribution is 7.26.